The maximum Gasteiger partial charge on any atom is 0.124 e. The third-order valence-electron chi connectivity index (χ3n) is 2.75. The largest absolute Gasteiger partial charge is 0.489 e. The van der Waals surface area contributed by atoms with Crippen molar-refractivity contribution in [1.29, 1.82) is 0 Å². The molecular weight excluding hydrogens is 210 g/mol. The van der Waals surface area contributed by atoms with Crippen LogP contribution in [0.25, 0.3) is 0 Å². The van der Waals surface area contributed by atoms with E-state index >= 15 is 0 Å². The van der Waals surface area contributed by atoms with Crippen LogP contribution in [0.1, 0.15) is 17.5 Å². The molecule has 1 aromatic carbocycles. The third kappa shape index (κ3) is 2.44. The van der Waals surface area contributed by atoms with Gasteiger partial charge in [0.1, 0.15) is 11.9 Å². The molecule has 0 radical (unpaired) electrons. The Morgan fingerprint density at radius 2 is 2.20 bits per heavy atom. The Morgan fingerprint density at radius 1 is 1.40 bits per heavy atom. The van der Waals surface area contributed by atoms with Gasteiger partial charge in [0.05, 0.1) is 0 Å². The molecule has 82 valence electrons. The summed E-state index contributed by atoms with van der Waals surface area (Å²) < 4.78 is 5.92. The fraction of sp³-hybridized carbons (Fsp3) is 0.500. The Morgan fingerprint density at radius 3 is 2.87 bits per heavy atom. The molecule has 1 saturated heterocycles. The normalized spacial score (nSPS) is 20.6. The fourth-order valence-electron chi connectivity index (χ4n) is 1.81. The van der Waals surface area contributed by atoms with Gasteiger partial charge in [-0.25, -0.2) is 0 Å². The summed E-state index contributed by atoms with van der Waals surface area (Å²) >= 11 is 6.11. The zero-order valence-electron chi connectivity index (χ0n) is 9.14. The van der Waals surface area contributed by atoms with Crippen LogP contribution in [0.3, 0.4) is 0 Å². The number of aryl methyl sites for hydroxylation is 1. The molecule has 0 aromatic heterocycles. The van der Waals surface area contributed by atoms with Gasteiger partial charge in [0, 0.05) is 17.1 Å². The third-order valence-corrected chi connectivity index (χ3v) is 3.14. The van der Waals surface area contributed by atoms with E-state index in [-0.39, 0.29) is 0 Å². The van der Waals surface area contributed by atoms with Crippen LogP contribution >= 0.6 is 11.6 Å². The van der Waals surface area contributed by atoms with E-state index in [1.54, 1.807) is 0 Å². The molecule has 1 aliphatic heterocycles. The van der Waals surface area contributed by atoms with Gasteiger partial charge < -0.3 is 10.1 Å². The van der Waals surface area contributed by atoms with Crippen LogP contribution < -0.4 is 10.1 Å². The van der Waals surface area contributed by atoms with Crippen LogP contribution in [-0.4, -0.2) is 19.2 Å². The molecule has 1 unspecified atom stereocenters. The minimum atomic E-state index is 0.293. The van der Waals surface area contributed by atoms with Crippen LogP contribution in [0.15, 0.2) is 12.1 Å². The lowest BCUT2D eigenvalue weighted by molar-refractivity contribution is 0.221. The Balaban J connectivity index is 2.19. The molecular formula is C12H16ClNO. The van der Waals surface area contributed by atoms with Crippen molar-refractivity contribution in [3.8, 4) is 5.75 Å². The van der Waals surface area contributed by atoms with Crippen molar-refractivity contribution in [2.75, 3.05) is 13.1 Å². The number of hydrogen-bond donors (Lipinski definition) is 1. The molecule has 15 heavy (non-hydrogen) atoms. The maximum atomic E-state index is 6.11. The second-order valence-electron chi connectivity index (χ2n) is 4.10. The summed E-state index contributed by atoms with van der Waals surface area (Å²) in [6, 6.07) is 4.02. The van der Waals surface area contributed by atoms with Gasteiger partial charge in [0.25, 0.3) is 0 Å². The first-order valence-corrected chi connectivity index (χ1v) is 5.69. The molecule has 0 amide bonds. The van der Waals surface area contributed by atoms with E-state index in [1.807, 2.05) is 19.9 Å². The molecule has 1 N–H and O–H groups in total. The van der Waals surface area contributed by atoms with E-state index in [4.69, 9.17) is 16.3 Å². The highest BCUT2D eigenvalue weighted by Gasteiger charge is 2.17. The SMILES string of the molecule is Cc1cc(Cl)c(C)c(OC2CCNC2)c1. The average molecular weight is 226 g/mol. The van der Waals surface area contributed by atoms with Crippen LogP contribution in [0, 0.1) is 13.8 Å². The van der Waals surface area contributed by atoms with Crippen molar-refractivity contribution in [3.05, 3.63) is 28.3 Å². The van der Waals surface area contributed by atoms with Crippen molar-refractivity contribution in [1.82, 2.24) is 5.32 Å². The molecule has 2 nitrogen and oxygen atoms in total. The molecule has 1 atom stereocenters. The van der Waals surface area contributed by atoms with E-state index in [0.717, 1.165) is 41.4 Å². The monoisotopic (exact) mass is 225 g/mol. The number of halogens is 1. The van der Waals surface area contributed by atoms with Crippen molar-refractivity contribution < 1.29 is 4.74 Å². The highest BCUT2D eigenvalue weighted by atomic mass is 35.5. The number of hydrogen-bond acceptors (Lipinski definition) is 2. The molecule has 1 heterocycles. The molecule has 0 aliphatic carbocycles. The second kappa shape index (κ2) is 4.42. The first-order chi connectivity index (χ1) is 7.16. The number of rotatable bonds is 2. The minimum absolute atomic E-state index is 0.293. The van der Waals surface area contributed by atoms with Gasteiger partial charge in [-0.2, -0.15) is 0 Å². The van der Waals surface area contributed by atoms with E-state index in [9.17, 15) is 0 Å². The van der Waals surface area contributed by atoms with Crippen LogP contribution in [0.5, 0.6) is 5.75 Å². The summed E-state index contributed by atoms with van der Waals surface area (Å²) in [7, 11) is 0. The summed E-state index contributed by atoms with van der Waals surface area (Å²) in [5.74, 6) is 0.925. The Labute approximate surface area is 95.6 Å². The first kappa shape index (κ1) is 10.8. The Bertz CT molecular complexity index is 359. The predicted molar refractivity (Wildman–Crippen MR) is 62.8 cm³/mol. The first-order valence-electron chi connectivity index (χ1n) is 5.31. The lowest BCUT2D eigenvalue weighted by Gasteiger charge is -2.16. The molecule has 1 aliphatic rings. The van der Waals surface area contributed by atoms with E-state index in [2.05, 4.69) is 11.4 Å². The van der Waals surface area contributed by atoms with E-state index in [1.165, 1.54) is 0 Å². The lowest BCUT2D eigenvalue weighted by atomic mass is 10.1. The summed E-state index contributed by atoms with van der Waals surface area (Å²) in [6.07, 6.45) is 1.37. The molecule has 0 bridgehead atoms. The molecule has 0 spiro atoms. The van der Waals surface area contributed by atoms with Gasteiger partial charge in [-0.1, -0.05) is 11.6 Å². The highest BCUT2D eigenvalue weighted by Crippen LogP contribution is 2.28. The topological polar surface area (TPSA) is 21.3 Å². The van der Waals surface area contributed by atoms with Crippen LogP contribution in [-0.2, 0) is 0 Å². The summed E-state index contributed by atoms with van der Waals surface area (Å²) in [5, 5.41) is 4.07. The molecule has 0 saturated carbocycles. The van der Waals surface area contributed by atoms with Crippen LogP contribution in [0.4, 0.5) is 0 Å². The van der Waals surface area contributed by atoms with E-state index in [0.29, 0.717) is 6.10 Å². The molecule has 1 fully saturated rings. The fourth-order valence-corrected chi connectivity index (χ4v) is 2.08. The van der Waals surface area contributed by atoms with E-state index < -0.39 is 0 Å². The van der Waals surface area contributed by atoms with Gasteiger partial charge in [-0.15, -0.1) is 0 Å². The Hall–Kier alpha value is -0.730. The van der Waals surface area contributed by atoms with Crippen molar-refractivity contribution in [2.24, 2.45) is 0 Å². The van der Waals surface area contributed by atoms with Gasteiger partial charge in [0.15, 0.2) is 0 Å². The zero-order chi connectivity index (χ0) is 10.8. The van der Waals surface area contributed by atoms with Gasteiger partial charge >= 0.3 is 0 Å². The van der Waals surface area contributed by atoms with Gasteiger partial charge in [-0.3, -0.25) is 0 Å². The Kier molecular flexibility index (Phi) is 3.17. The number of benzene rings is 1. The van der Waals surface area contributed by atoms with Crippen molar-refractivity contribution in [3.63, 3.8) is 0 Å². The average Bonchev–Trinajstić information content (AvgIpc) is 2.66. The molecule has 1 aromatic rings. The molecule has 2 rings (SSSR count). The summed E-state index contributed by atoms with van der Waals surface area (Å²) in [4.78, 5) is 0. The van der Waals surface area contributed by atoms with Gasteiger partial charge in [-0.05, 0) is 44.5 Å². The van der Waals surface area contributed by atoms with Crippen molar-refractivity contribution in [2.45, 2.75) is 26.4 Å². The molecule has 3 heteroatoms. The minimum Gasteiger partial charge on any atom is -0.489 e. The number of ether oxygens (including phenoxy) is 1. The standard InChI is InChI=1S/C12H16ClNO/c1-8-5-11(13)9(2)12(6-8)15-10-3-4-14-7-10/h5-6,10,14H,3-4,7H2,1-2H3. The van der Waals surface area contributed by atoms with Crippen molar-refractivity contribution >= 4 is 11.6 Å². The smallest absolute Gasteiger partial charge is 0.124 e. The summed E-state index contributed by atoms with van der Waals surface area (Å²) in [6.45, 7) is 6.01. The lowest BCUT2D eigenvalue weighted by Crippen LogP contribution is -2.20. The quantitative estimate of drug-likeness (QED) is 0.836. The predicted octanol–water partition coefficient (Wildman–Crippen LogP) is 2.70. The van der Waals surface area contributed by atoms with Crippen LogP contribution in [0.2, 0.25) is 5.02 Å². The summed E-state index contributed by atoms with van der Waals surface area (Å²) in [5.41, 5.74) is 2.18. The highest BCUT2D eigenvalue weighted by molar-refractivity contribution is 6.31. The maximum absolute atomic E-state index is 6.11. The zero-order valence-corrected chi connectivity index (χ0v) is 9.90. The van der Waals surface area contributed by atoms with Gasteiger partial charge in [0.2, 0.25) is 0 Å². The number of nitrogens with one attached hydrogen (secondary N) is 1. The second-order valence-corrected chi connectivity index (χ2v) is 4.51.